The molecule has 0 fully saturated rings. The summed E-state index contributed by atoms with van der Waals surface area (Å²) in [5.74, 6) is 0. The summed E-state index contributed by atoms with van der Waals surface area (Å²) in [5.41, 5.74) is 2.04. The highest BCUT2D eigenvalue weighted by Gasteiger charge is 2.00. The lowest BCUT2D eigenvalue weighted by molar-refractivity contribution is 0.174. The van der Waals surface area contributed by atoms with E-state index in [2.05, 4.69) is 10.1 Å². The third-order valence-electron chi connectivity index (χ3n) is 1.65. The predicted octanol–water partition coefficient (Wildman–Crippen LogP) is 2.05. The minimum atomic E-state index is -0.407. The zero-order chi connectivity index (χ0) is 8.85. The maximum Gasteiger partial charge on any atom is 0.411 e. The van der Waals surface area contributed by atoms with Crippen LogP contribution in [0.4, 0.5) is 4.79 Å². The average molecular weight is 157 g/mol. The molecule has 0 aromatic rings. The van der Waals surface area contributed by atoms with E-state index in [4.69, 9.17) is 0 Å². The Bertz CT molecular complexity index is 173. The number of methoxy groups -OCH3 is 1. The van der Waals surface area contributed by atoms with E-state index in [1.807, 2.05) is 20.8 Å². The van der Waals surface area contributed by atoms with Gasteiger partial charge in [0, 0.05) is 5.70 Å². The second kappa shape index (κ2) is 4.77. The number of amides is 1. The second-order valence-corrected chi connectivity index (χ2v) is 2.38. The van der Waals surface area contributed by atoms with Crippen LogP contribution in [0, 0.1) is 0 Å². The van der Waals surface area contributed by atoms with Crippen molar-refractivity contribution in [3.63, 3.8) is 0 Å². The molecule has 1 amide bonds. The van der Waals surface area contributed by atoms with Crippen LogP contribution in [-0.4, -0.2) is 13.2 Å². The highest BCUT2D eigenvalue weighted by atomic mass is 16.5. The van der Waals surface area contributed by atoms with E-state index in [-0.39, 0.29) is 0 Å². The molecule has 0 saturated heterocycles. The van der Waals surface area contributed by atoms with Crippen LogP contribution in [0.15, 0.2) is 11.3 Å². The molecule has 64 valence electrons. The zero-order valence-electron chi connectivity index (χ0n) is 7.52. The van der Waals surface area contributed by atoms with Crippen molar-refractivity contribution >= 4 is 6.09 Å². The van der Waals surface area contributed by atoms with E-state index >= 15 is 0 Å². The maximum atomic E-state index is 10.7. The molecule has 0 aliphatic heterocycles. The van der Waals surface area contributed by atoms with Crippen molar-refractivity contribution in [1.29, 1.82) is 0 Å². The fourth-order valence-corrected chi connectivity index (χ4v) is 0.576. The molecule has 11 heavy (non-hydrogen) atoms. The fourth-order valence-electron chi connectivity index (χ4n) is 0.576. The first-order chi connectivity index (χ1) is 5.11. The summed E-state index contributed by atoms with van der Waals surface area (Å²) in [6, 6.07) is 0. The third kappa shape index (κ3) is 3.65. The Balaban J connectivity index is 4.05. The van der Waals surface area contributed by atoms with Crippen LogP contribution in [-0.2, 0) is 4.74 Å². The molecule has 1 N–H and O–H groups in total. The molecule has 0 unspecified atom stereocenters. The molecule has 0 bridgehead atoms. The summed E-state index contributed by atoms with van der Waals surface area (Å²) in [4.78, 5) is 10.7. The summed E-state index contributed by atoms with van der Waals surface area (Å²) in [7, 11) is 1.35. The molecule has 0 heterocycles. The highest BCUT2D eigenvalue weighted by Crippen LogP contribution is 2.03. The van der Waals surface area contributed by atoms with Gasteiger partial charge in [-0.15, -0.1) is 0 Å². The number of nitrogens with one attached hydrogen (secondary N) is 1. The van der Waals surface area contributed by atoms with Gasteiger partial charge in [0.05, 0.1) is 7.11 Å². The van der Waals surface area contributed by atoms with Crippen molar-refractivity contribution in [2.45, 2.75) is 27.2 Å². The number of ether oxygens (including phenoxy) is 1. The van der Waals surface area contributed by atoms with Crippen LogP contribution in [0.1, 0.15) is 27.2 Å². The minimum Gasteiger partial charge on any atom is -0.453 e. The van der Waals surface area contributed by atoms with Crippen LogP contribution >= 0.6 is 0 Å². The zero-order valence-corrected chi connectivity index (χ0v) is 7.52. The van der Waals surface area contributed by atoms with Crippen LogP contribution in [0.25, 0.3) is 0 Å². The fraction of sp³-hybridized carbons (Fsp3) is 0.625. The number of carbonyl (C=O) groups is 1. The molecule has 0 atom stereocenters. The van der Waals surface area contributed by atoms with Crippen molar-refractivity contribution in [2.24, 2.45) is 0 Å². The Morgan fingerprint density at radius 2 is 2.00 bits per heavy atom. The van der Waals surface area contributed by atoms with Gasteiger partial charge in [0.25, 0.3) is 0 Å². The summed E-state index contributed by atoms with van der Waals surface area (Å²) in [6.45, 7) is 5.87. The lowest BCUT2D eigenvalue weighted by Crippen LogP contribution is -2.21. The SMILES string of the molecule is CC/C(C)=C(\C)NC(=O)OC. The molecule has 0 radical (unpaired) electrons. The van der Waals surface area contributed by atoms with Gasteiger partial charge in [0.15, 0.2) is 0 Å². The van der Waals surface area contributed by atoms with Gasteiger partial charge in [-0.3, -0.25) is 5.32 Å². The standard InChI is InChI=1S/C8H15NO2/c1-5-6(2)7(3)9-8(10)11-4/h5H2,1-4H3,(H,9,10)/b7-6+. The Hall–Kier alpha value is -0.990. The van der Waals surface area contributed by atoms with E-state index < -0.39 is 6.09 Å². The molecular formula is C8H15NO2. The number of rotatable bonds is 2. The predicted molar refractivity (Wildman–Crippen MR) is 44.2 cm³/mol. The number of allylic oxidation sites excluding steroid dienone is 2. The van der Waals surface area contributed by atoms with E-state index in [0.717, 1.165) is 17.7 Å². The van der Waals surface area contributed by atoms with Crippen molar-refractivity contribution in [3.8, 4) is 0 Å². The first-order valence-electron chi connectivity index (χ1n) is 3.63. The van der Waals surface area contributed by atoms with Gasteiger partial charge < -0.3 is 4.74 Å². The van der Waals surface area contributed by atoms with Crippen molar-refractivity contribution in [3.05, 3.63) is 11.3 Å². The van der Waals surface area contributed by atoms with Gasteiger partial charge in [0.1, 0.15) is 0 Å². The van der Waals surface area contributed by atoms with Crippen molar-refractivity contribution in [2.75, 3.05) is 7.11 Å². The largest absolute Gasteiger partial charge is 0.453 e. The van der Waals surface area contributed by atoms with Gasteiger partial charge in [0.2, 0.25) is 0 Å². The molecule has 0 aliphatic carbocycles. The topological polar surface area (TPSA) is 38.3 Å². The maximum absolute atomic E-state index is 10.7. The first kappa shape index (κ1) is 10.0. The normalized spacial score (nSPS) is 12.0. The van der Waals surface area contributed by atoms with Crippen molar-refractivity contribution in [1.82, 2.24) is 5.32 Å². The molecule has 0 saturated carbocycles. The van der Waals surface area contributed by atoms with E-state index in [0.29, 0.717) is 0 Å². The van der Waals surface area contributed by atoms with E-state index in [9.17, 15) is 4.79 Å². The van der Waals surface area contributed by atoms with E-state index in [1.165, 1.54) is 7.11 Å². The smallest absolute Gasteiger partial charge is 0.411 e. The molecular weight excluding hydrogens is 142 g/mol. The molecule has 0 spiro atoms. The number of hydrogen-bond acceptors (Lipinski definition) is 2. The number of carbonyl (C=O) groups excluding carboxylic acids is 1. The molecule has 3 nitrogen and oxygen atoms in total. The number of alkyl carbamates (subject to hydrolysis) is 1. The Morgan fingerprint density at radius 3 is 2.36 bits per heavy atom. The molecule has 0 rings (SSSR count). The summed E-state index contributed by atoms with van der Waals surface area (Å²) >= 11 is 0. The third-order valence-corrected chi connectivity index (χ3v) is 1.65. The summed E-state index contributed by atoms with van der Waals surface area (Å²) in [6.07, 6.45) is 0.533. The molecule has 3 heteroatoms. The van der Waals surface area contributed by atoms with Gasteiger partial charge in [-0.25, -0.2) is 4.79 Å². The van der Waals surface area contributed by atoms with Gasteiger partial charge in [-0.2, -0.15) is 0 Å². The highest BCUT2D eigenvalue weighted by molar-refractivity contribution is 5.69. The van der Waals surface area contributed by atoms with Gasteiger partial charge in [-0.05, 0) is 20.3 Å². The molecule has 0 aliphatic rings. The molecule has 0 aromatic carbocycles. The average Bonchev–Trinajstić information content (AvgIpc) is 2.02. The monoisotopic (exact) mass is 157 g/mol. The quantitative estimate of drug-likeness (QED) is 0.666. The first-order valence-corrected chi connectivity index (χ1v) is 3.63. The lowest BCUT2D eigenvalue weighted by Gasteiger charge is -2.06. The van der Waals surface area contributed by atoms with Crippen LogP contribution in [0.3, 0.4) is 0 Å². The van der Waals surface area contributed by atoms with Gasteiger partial charge >= 0.3 is 6.09 Å². The van der Waals surface area contributed by atoms with E-state index in [1.54, 1.807) is 0 Å². The second-order valence-electron chi connectivity index (χ2n) is 2.38. The Morgan fingerprint density at radius 1 is 1.45 bits per heavy atom. The van der Waals surface area contributed by atoms with Crippen LogP contribution < -0.4 is 5.32 Å². The summed E-state index contributed by atoms with van der Waals surface area (Å²) in [5, 5.41) is 2.60. The Kier molecular flexibility index (Phi) is 4.34. The van der Waals surface area contributed by atoms with Crippen LogP contribution in [0.2, 0.25) is 0 Å². The van der Waals surface area contributed by atoms with Crippen LogP contribution in [0.5, 0.6) is 0 Å². The lowest BCUT2D eigenvalue weighted by atomic mass is 10.2. The number of hydrogen-bond donors (Lipinski definition) is 1. The Labute approximate surface area is 67.4 Å². The van der Waals surface area contributed by atoms with Crippen molar-refractivity contribution < 1.29 is 9.53 Å². The minimum absolute atomic E-state index is 0.407. The summed E-state index contributed by atoms with van der Waals surface area (Å²) < 4.78 is 4.43. The van der Waals surface area contributed by atoms with Gasteiger partial charge in [-0.1, -0.05) is 12.5 Å². The molecule has 0 aromatic heterocycles.